The summed E-state index contributed by atoms with van der Waals surface area (Å²) in [6.45, 7) is 3.76. The molecule has 68 valence electrons. The van der Waals surface area contributed by atoms with Gasteiger partial charge in [-0.2, -0.15) is 0 Å². The summed E-state index contributed by atoms with van der Waals surface area (Å²) in [4.78, 5) is 3.17. The SMILES string of the molecule is C=C1C=Cc2cc3[nH]ccc3cc2O1. The quantitative estimate of drug-likeness (QED) is 0.667. The van der Waals surface area contributed by atoms with Crippen molar-refractivity contribution in [3.05, 3.63) is 48.4 Å². The molecule has 0 aliphatic carbocycles. The molecule has 1 N–H and O–H groups in total. The molecule has 0 bridgehead atoms. The monoisotopic (exact) mass is 183 g/mol. The van der Waals surface area contributed by atoms with Crippen molar-refractivity contribution in [3.63, 3.8) is 0 Å². The topological polar surface area (TPSA) is 25.0 Å². The average molecular weight is 183 g/mol. The van der Waals surface area contributed by atoms with Gasteiger partial charge in [-0.1, -0.05) is 6.58 Å². The Labute approximate surface area is 81.5 Å². The fraction of sp³-hybridized carbons (Fsp3) is 0. The number of aromatic amines is 1. The molecule has 2 aromatic rings. The highest BCUT2D eigenvalue weighted by Crippen LogP contribution is 2.30. The first kappa shape index (κ1) is 7.44. The lowest BCUT2D eigenvalue weighted by Crippen LogP contribution is -1.97. The summed E-state index contributed by atoms with van der Waals surface area (Å²) >= 11 is 0. The summed E-state index contributed by atoms with van der Waals surface area (Å²) in [5.41, 5.74) is 2.22. The van der Waals surface area contributed by atoms with Gasteiger partial charge in [-0.3, -0.25) is 0 Å². The Morgan fingerprint density at radius 1 is 1.21 bits per heavy atom. The zero-order chi connectivity index (χ0) is 9.54. The number of nitrogens with one attached hydrogen (secondary N) is 1. The van der Waals surface area contributed by atoms with Gasteiger partial charge in [-0.05, 0) is 30.4 Å². The second kappa shape index (κ2) is 2.51. The van der Waals surface area contributed by atoms with Gasteiger partial charge in [-0.15, -0.1) is 0 Å². The molecule has 2 heteroatoms. The van der Waals surface area contributed by atoms with Crippen molar-refractivity contribution in [1.29, 1.82) is 0 Å². The Morgan fingerprint density at radius 2 is 2.14 bits per heavy atom. The van der Waals surface area contributed by atoms with E-state index in [-0.39, 0.29) is 0 Å². The summed E-state index contributed by atoms with van der Waals surface area (Å²) < 4.78 is 5.51. The van der Waals surface area contributed by atoms with E-state index in [1.54, 1.807) is 0 Å². The molecule has 1 aromatic heterocycles. The van der Waals surface area contributed by atoms with E-state index in [0.717, 1.165) is 22.2 Å². The van der Waals surface area contributed by atoms with Crippen molar-refractivity contribution in [2.45, 2.75) is 0 Å². The molecule has 0 spiro atoms. The summed E-state index contributed by atoms with van der Waals surface area (Å²) in [6.07, 6.45) is 5.81. The molecule has 0 saturated heterocycles. The lowest BCUT2D eigenvalue weighted by atomic mass is 10.1. The molecule has 3 rings (SSSR count). The molecule has 0 amide bonds. The molecule has 2 heterocycles. The van der Waals surface area contributed by atoms with Crippen molar-refractivity contribution < 1.29 is 4.74 Å². The molecular formula is C12H9NO. The number of fused-ring (bicyclic) bond motifs is 2. The molecule has 14 heavy (non-hydrogen) atoms. The number of hydrogen-bond donors (Lipinski definition) is 1. The molecule has 2 nitrogen and oxygen atoms in total. The van der Waals surface area contributed by atoms with Crippen LogP contribution in [0.1, 0.15) is 5.56 Å². The maximum absolute atomic E-state index is 5.51. The normalized spacial score (nSPS) is 14.1. The van der Waals surface area contributed by atoms with E-state index >= 15 is 0 Å². The van der Waals surface area contributed by atoms with E-state index in [1.807, 2.05) is 30.5 Å². The zero-order valence-electron chi connectivity index (χ0n) is 7.58. The number of hydrogen-bond acceptors (Lipinski definition) is 1. The highest BCUT2D eigenvalue weighted by Gasteiger charge is 2.09. The zero-order valence-corrected chi connectivity index (χ0v) is 7.58. The molecule has 0 unspecified atom stereocenters. The lowest BCUT2D eigenvalue weighted by molar-refractivity contribution is 0.443. The minimum Gasteiger partial charge on any atom is -0.457 e. The first-order chi connectivity index (χ1) is 6.83. The van der Waals surface area contributed by atoms with E-state index in [1.165, 1.54) is 0 Å². The third-order valence-corrected chi connectivity index (χ3v) is 2.37. The Hall–Kier alpha value is -1.96. The second-order valence-corrected chi connectivity index (χ2v) is 3.36. The fourth-order valence-corrected chi connectivity index (χ4v) is 1.67. The van der Waals surface area contributed by atoms with E-state index in [0.29, 0.717) is 5.76 Å². The molecule has 0 saturated carbocycles. The van der Waals surface area contributed by atoms with Gasteiger partial charge in [0.1, 0.15) is 11.5 Å². The van der Waals surface area contributed by atoms with E-state index in [4.69, 9.17) is 4.74 Å². The molecule has 1 aromatic carbocycles. The van der Waals surface area contributed by atoms with Crippen LogP contribution in [0.2, 0.25) is 0 Å². The number of ether oxygens (including phenoxy) is 1. The molecule has 0 atom stereocenters. The average Bonchev–Trinajstić information content (AvgIpc) is 2.61. The molecule has 0 radical (unpaired) electrons. The number of allylic oxidation sites excluding steroid dienone is 1. The van der Waals surface area contributed by atoms with Crippen LogP contribution in [-0.4, -0.2) is 4.98 Å². The van der Waals surface area contributed by atoms with Crippen LogP contribution in [0, 0.1) is 0 Å². The largest absolute Gasteiger partial charge is 0.457 e. The van der Waals surface area contributed by atoms with Crippen LogP contribution in [0.15, 0.2) is 42.8 Å². The molecular weight excluding hydrogens is 174 g/mol. The van der Waals surface area contributed by atoms with Crippen LogP contribution in [0.5, 0.6) is 5.75 Å². The number of benzene rings is 1. The highest BCUT2D eigenvalue weighted by atomic mass is 16.5. The fourth-order valence-electron chi connectivity index (χ4n) is 1.67. The van der Waals surface area contributed by atoms with E-state index < -0.39 is 0 Å². The van der Waals surface area contributed by atoms with Gasteiger partial charge in [0, 0.05) is 22.7 Å². The van der Waals surface area contributed by atoms with Crippen molar-refractivity contribution >= 4 is 17.0 Å². The van der Waals surface area contributed by atoms with Gasteiger partial charge in [0.05, 0.1) is 0 Å². The summed E-state index contributed by atoms with van der Waals surface area (Å²) in [6, 6.07) is 6.13. The van der Waals surface area contributed by atoms with Crippen molar-refractivity contribution in [2.75, 3.05) is 0 Å². The van der Waals surface area contributed by atoms with Crippen LogP contribution in [0.4, 0.5) is 0 Å². The van der Waals surface area contributed by atoms with Gasteiger partial charge >= 0.3 is 0 Å². The predicted octanol–water partition coefficient (Wildman–Crippen LogP) is 3.09. The maximum atomic E-state index is 5.51. The second-order valence-electron chi connectivity index (χ2n) is 3.36. The third kappa shape index (κ3) is 0.973. The Balaban J connectivity index is 2.31. The number of rotatable bonds is 0. The minimum atomic E-state index is 0.687. The summed E-state index contributed by atoms with van der Waals surface area (Å²) in [5, 5.41) is 1.16. The van der Waals surface area contributed by atoms with Gasteiger partial charge in [-0.25, -0.2) is 0 Å². The number of H-pyrrole nitrogens is 1. The third-order valence-electron chi connectivity index (χ3n) is 2.37. The Bertz CT molecular complexity index is 548. The summed E-state index contributed by atoms with van der Waals surface area (Å²) in [5.74, 6) is 1.57. The maximum Gasteiger partial charge on any atom is 0.135 e. The smallest absolute Gasteiger partial charge is 0.135 e. The molecule has 0 fully saturated rings. The molecule has 1 aliphatic heterocycles. The van der Waals surface area contributed by atoms with Gasteiger partial charge in [0.15, 0.2) is 0 Å². The van der Waals surface area contributed by atoms with Crippen molar-refractivity contribution in [3.8, 4) is 5.75 Å². The minimum absolute atomic E-state index is 0.687. The van der Waals surface area contributed by atoms with Crippen LogP contribution in [0.3, 0.4) is 0 Å². The van der Waals surface area contributed by atoms with Crippen LogP contribution < -0.4 is 4.74 Å². The standard InChI is InChI=1S/C12H9NO/c1-8-2-3-10-6-11-9(4-5-13-11)7-12(10)14-8/h2-7,13H,1H2. The number of aromatic nitrogens is 1. The van der Waals surface area contributed by atoms with Crippen LogP contribution in [0.25, 0.3) is 17.0 Å². The van der Waals surface area contributed by atoms with E-state index in [9.17, 15) is 0 Å². The van der Waals surface area contributed by atoms with Gasteiger partial charge in [0.2, 0.25) is 0 Å². The Morgan fingerprint density at radius 3 is 3.07 bits per heavy atom. The highest BCUT2D eigenvalue weighted by molar-refractivity contribution is 5.85. The molecule has 1 aliphatic rings. The lowest BCUT2D eigenvalue weighted by Gasteiger charge is -2.13. The van der Waals surface area contributed by atoms with Crippen molar-refractivity contribution in [1.82, 2.24) is 4.98 Å². The van der Waals surface area contributed by atoms with Crippen molar-refractivity contribution in [2.24, 2.45) is 0 Å². The first-order valence-electron chi connectivity index (χ1n) is 4.49. The Kier molecular flexibility index (Phi) is 1.34. The predicted molar refractivity (Wildman–Crippen MR) is 57.1 cm³/mol. The first-order valence-corrected chi connectivity index (χ1v) is 4.49. The van der Waals surface area contributed by atoms with Crippen LogP contribution in [-0.2, 0) is 0 Å². The van der Waals surface area contributed by atoms with Gasteiger partial charge < -0.3 is 9.72 Å². The van der Waals surface area contributed by atoms with Gasteiger partial charge in [0.25, 0.3) is 0 Å². The summed E-state index contributed by atoms with van der Waals surface area (Å²) in [7, 11) is 0. The van der Waals surface area contributed by atoms with E-state index in [2.05, 4.69) is 17.6 Å². The van der Waals surface area contributed by atoms with Crippen LogP contribution >= 0.6 is 0 Å².